The van der Waals surface area contributed by atoms with Crippen molar-refractivity contribution < 1.29 is 4.74 Å². The van der Waals surface area contributed by atoms with Crippen molar-refractivity contribution >= 4 is 26.8 Å². The van der Waals surface area contributed by atoms with E-state index in [1.54, 1.807) is 13.2 Å². The molecule has 0 radical (unpaired) electrons. The molecule has 0 saturated heterocycles. The van der Waals surface area contributed by atoms with Crippen molar-refractivity contribution in [1.29, 1.82) is 0 Å². The first-order valence-corrected chi connectivity index (χ1v) is 4.86. The summed E-state index contributed by atoms with van der Waals surface area (Å²) in [5.41, 5.74) is 0.654. The summed E-state index contributed by atoms with van der Waals surface area (Å²) in [5, 5.41) is 0.898. The van der Waals surface area contributed by atoms with Crippen LogP contribution in [0.5, 0.6) is 5.75 Å². The number of pyridine rings is 1. The Labute approximate surface area is 88.8 Å². The van der Waals surface area contributed by atoms with Crippen LogP contribution in [0.15, 0.2) is 33.5 Å². The van der Waals surface area contributed by atoms with E-state index >= 15 is 0 Å². The maximum absolute atomic E-state index is 11.1. The number of hydrogen-bond donors (Lipinski definition) is 1. The monoisotopic (exact) mass is 253 g/mol. The van der Waals surface area contributed by atoms with Gasteiger partial charge >= 0.3 is 0 Å². The molecule has 0 aliphatic heterocycles. The van der Waals surface area contributed by atoms with Crippen LogP contribution in [0.2, 0.25) is 0 Å². The first kappa shape index (κ1) is 9.27. The Morgan fingerprint density at radius 1 is 1.36 bits per heavy atom. The third kappa shape index (κ3) is 1.53. The lowest BCUT2D eigenvalue weighted by atomic mass is 10.2. The highest BCUT2D eigenvalue weighted by molar-refractivity contribution is 9.10. The minimum Gasteiger partial charge on any atom is -0.496 e. The van der Waals surface area contributed by atoms with Gasteiger partial charge in [0.1, 0.15) is 5.75 Å². The Kier molecular flexibility index (Phi) is 2.29. The van der Waals surface area contributed by atoms with E-state index in [4.69, 9.17) is 4.74 Å². The number of methoxy groups -OCH3 is 1. The second kappa shape index (κ2) is 3.46. The van der Waals surface area contributed by atoms with Crippen LogP contribution in [0.3, 0.4) is 0 Å². The molecule has 1 aromatic carbocycles. The van der Waals surface area contributed by atoms with Crippen LogP contribution in [0, 0.1) is 0 Å². The van der Waals surface area contributed by atoms with Crippen LogP contribution in [-0.4, -0.2) is 12.1 Å². The summed E-state index contributed by atoms with van der Waals surface area (Å²) in [6.07, 6.45) is 0. The molecule has 0 aliphatic rings. The molecule has 1 heterocycles. The molecule has 0 unspecified atom stereocenters. The van der Waals surface area contributed by atoms with Gasteiger partial charge in [0.05, 0.1) is 12.6 Å². The average molecular weight is 254 g/mol. The number of nitrogens with one attached hydrogen (secondary N) is 1. The van der Waals surface area contributed by atoms with Gasteiger partial charge in [-0.3, -0.25) is 4.79 Å². The lowest BCUT2D eigenvalue weighted by Gasteiger charge is -2.05. The summed E-state index contributed by atoms with van der Waals surface area (Å²) in [4.78, 5) is 13.8. The molecule has 0 saturated carbocycles. The standard InChI is InChI=1S/C10H8BrNO2/c1-14-9-5-6(11)4-8-7(9)2-3-10(13)12-8/h2-5H,1H3,(H,12,13). The first-order chi connectivity index (χ1) is 6.70. The van der Waals surface area contributed by atoms with Gasteiger partial charge in [-0.25, -0.2) is 0 Å². The first-order valence-electron chi connectivity index (χ1n) is 4.07. The fourth-order valence-electron chi connectivity index (χ4n) is 1.37. The summed E-state index contributed by atoms with van der Waals surface area (Å²) < 4.78 is 6.07. The van der Waals surface area contributed by atoms with Crippen molar-refractivity contribution in [3.05, 3.63) is 39.1 Å². The van der Waals surface area contributed by atoms with Gasteiger partial charge in [0.25, 0.3) is 0 Å². The summed E-state index contributed by atoms with van der Waals surface area (Å²) >= 11 is 3.35. The minimum absolute atomic E-state index is 0.113. The Hall–Kier alpha value is -1.29. The summed E-state index contributed by atoms with van der Waals surface area (Å²) in [6, 6.07) is 6.94. The van der Waals surface area contributed by atoms with Crippen LogP contribution in [0.25, 0.3) is 10.9 Å². The van der Waals surface area contributed by atoms with E-state index in [1.165, 1.54) is 6.07 Å². The summed E-state index contributed by atoms with van der Waals surface area (Å²) in [7, 11) is 1.60. The van der Waals surface area contributed by atoms with Crippen LogP contribution < -0.4 is 10.3 Å². The highest BCUT2D eigenvalue weighted by atomic mass is 79.9. The molecule has 1 aromatic heterocycles. The Morgan fingerprint density at radius 3 is 2.86 bits per heavy atom. The van der Waals surface area contributed by atoms with Gasteiger partial charge in [0, 0.05) is 15.9 Å². The third-order valence-electron chi connectivity index (χ3n) is 1.99. The van der Waals surface area contributed by atoms with Crippen molar-refractivity contribution in [2.24, 2.45) is 0 Å². The molecule has 0 atom stereocenters. The van der Waals surface area contributed by atoms with Crippen LogP contribution >= 0.6 is 15.9 Å². The number of ether oxygens (including phenoxy) is 1. The second-order valence-corrected chi connectivity index (χ2v) is 3.81. The van der Waals surface area contributed by atoms with E-state index in [0.717, 1.165) is 21.1 Å². The highest BCUT2D eigenvalue weighted by Crippen LogP contribution is 2.27. The van der Waals surface area contributed by atoms with Gasteiger partial charge < -0.3 is 9.72 Å². The number of H-pyrrole nitrogens is 1. The lowest BCUT2D eigenvalue weighted by molar-refractivity contribution is 0.419. The minimum atomic E-state index is -0.113. The number of rotatable bonds is 1. The topological polar surface area (TPSA) is 42.1 Å². The number of hydrogen-bond acceptors (Lipinski definition) is 2. The van der Waals surface area contributed by atoms with Crippen molar-refractivity contribution in [2.45, 2.75) is 0 Å². The van der Waals surface area contributed by atoms with Gasteiger partial charge in [-0.1, -0.05) is 15.9 Å². The molecule has 0 fully saturated rings. The van der Waals surface area contributed by atoms with E-state index in [-0.39, 0.29) is 5.56 Å². The maximum Gasteiger partial charge on any atom is 0.248 e. The Morgan fingerprint density at radius 2 is 2.14 bits per heavy atom. The normalized spacial score (nSPS) is 10.4. The number of aromatic nitrogens is 1. The maximum atomic E-state index is 11.1. The van der Waals surface area contributed by atoms with Crippen molar-refractivity contribution in [3.8, 4) is 5.75 Å². The van der Waals surface area contributed by atoms with Crippen LogP contribution in [0.1, 0.15) is 0 Å². The second-order valence-electron chi connectivity index (χ2n) is 2.89. The number of aromatic amines is 1. The van der Waals surface area contributed by atoms with Gasteiger partial charge in [0.2, 0.25) is 5.56 Å². The molecule has 0 bridgehead atoms. The van der Waals surface area contributed by atoms with Gasteiger partial charge in [-0.2, -0.15) is 0 Å². The molecule has 3 nitrogen and oxygen atoms in total. The Bertz CT molecular complexity index is 533. The van der Waals surface area contributed by atoms with E-state index in [2.05, 4.69) is 20.9 Å². The van der Waals surface area contributed by atoms with Crippen LogP contribution in [-0.2, 0) is 0 Å². The average Bonchev–Trinajstić information content (AvgIpc) is 2.15. The van der Waals surface area contributed by atoms with Crippen LogP contribution in [0.4, 0.5) is 0 Å². The molecule has 0 amide bonds. The summed E-state index contributed by atoms with van der Waals surface area (Å²) in [5.74, 6) is 0.741. The zero-order chi connectivity index (χ0) is 10.1. The quantitative estimate of drug-likeness (QED) is 0.848. The summed E-state index contributed by atoms with van der Waals surface area (Å²) in [6.45, 7) is 0. The molecule has 2 aromatic rings. The molecular formula is C10H8BrNO2. The van der Waals surface area contributed by atoms with E-state index in [1.807, 2.05) is 12.1 Å². The predicted octanol–water partition coefficient (Wildman–Crippen LogP) is 2.30. The van der Waals surface area contributed by atoms with Crippen molar-refractivity contribution in [2.75, 3.05) is 7.11 Å². The zero-order valence-electron chi connectivity index (χ0n) is 7.50. The lowest BCUT2D eigenvalue weighted by Crippen LogP contribution is -2.02. The molecule has 1 N–H and O–H groups in total. The van der Waals surface area contributed by atoms with Gasteiger partial charge in [-0.15, -0.1) is 0 Å². The Balaban J connectivity index is 2.87. The zero-order valence-corrected chi connectivity index (χ0v) is 9.09. The molecule has 4 heteroatoms. The van der Waals surface area contributed by atoms with Gasteiger partial charge in [0.15, 0.2) is 0 Å². The largest absolute Gasteiger partial charge is 0.496 e. The molecule has 0 aliphatic carbocycles. The molecular weight excluding hydrogens is 246 g/mol. The predicted molar refractivity (Wildman–Crippen MR) is 58.8 cm³/mol. The highest BCUT2D eigenvalue weighted by Gasteiger charge is 2.03. The van der Waals surface area contributed by atoms with E-state index < -0.39 is 0 Å². The molecule has 0 spiro atoms. The van der Waals surface area contributed by atoms with Gasteiger partial charge in [-0.05, 0) is 18.2 Å². The van der Waals surface area contributed by atoms with E-state index in [0.29, 0.717) is 0 Å². The fourth-order valence-corrected chi connectivity index (χ4v) is 1.81. The fraction of sp³-hybridized carbons (Fsp3) is 0.100. The molecule has 2 rings (SSSR count). The van der Waals surface area contributed by atoms with E-state index in [9.17, 15) is 4.79 Å². The smallest absolute Gasteiger partial charge is 0.248 e. The SMILES string of the molecule is COc1cc(Br)cc2[nH]c(=O)ccc12. The molecule has 14 heavy (non-hydrogen) atoms. The van der Waals surface area contributed by atoms with Crippen molar-refractivity contribution in [3.63, 3.8) is 0 Å². The number of halogens is 1. The third-order valence-corrected chi connectivity index (χ3v) is 2.44. The number of fused-ring (bicyclic) bond motifs is 1. The molecule has 72 valence electrons. The van der Waals surface area contributed by atoms with Crippen molar-refractivity contribution in [1.82, 2.24) is 4.98 Å². The number of benzene rings is 1.